The first-order valence-electron chi connectivity index (χ1n) is 9.18. The number of methoxy groups -OCH3 is 1. The Labute approximate surface area is 166 Å². The van der Waals surface area contributed by atoms with Gasteiger partial charge in [-0.1, -0.05) is 6.07 Å². The summed E-state index contributed by atoms with van der Waals surface area (Å²) in [5.74, 6) is -3.26. The molecule has 1 aromatic heterocycles. The number of rotatable bonds is 5. The maximum absolute atomic E-state index is 13.8. The second kappa shape index (κ2) is 8.42. The van der Waals surface area contributed by atoms with Gasteiger partial charge in [-0.15, -0.1) is 0 Å². The zero-order chi connectivity index (χ0) is 21.0. The molecule has 1 aliphatic heterocycles. The van der Waals surface area contributed by atoms with Crippen molar-refractivity contribution in [3.8, 4) is 5.88 Å². The van der Waals surface area contributed by atoms with E-state index in [1.165, 1.54) is 31.4 Å². The predicted molar refractivity (Wildman–Crippen MR) is 105 cm³/mol. The van der Waals surface area contributed by atoms with Crippen molar-refractivity contribution in [3.63, 3.8) is 0 Å². The van der Waals surface area contributed by atoms with Crippen LogP contribution in [0.3, 0.4) is 0 Å². The van der Waals surface area contributed by atoms with Crippen LogP contribution in [-0.4, -0.2) is 42.9 Å². The molecular formula is C20H22F2N4O3. The number of hydrogen-bond donors (Lipinski definition) is 2. The minimum Gasteiger partial charge on any atom is -0.481 e. The number of nitrogens with two attached hydrogens (primary N) is 1. The van der Waals surface area contributed by atoms with Crippen molar-refractivity contribution in [2.24, 2.45) is 5.73 Å². The summed E-state index contributed by atoms with van der Waals surface area (Å²) in [5, 5.41) is 2.70. The maximum atomic E-state index is 13.8. The average Bonchev–Trinajstić information content (AvgIpc) is 2.88. The molecule has 29 heavy (non-hydrogen) atoms. The van der Waals surface area contributed by atoms with Crippen LogP contribution in [0.4, 0.5) is 20.3 Å². The van der Waals surface area contributed by atoms with Crippen molar-refractivity contribution in [1.82, 2.24) is 4.98 Å². The summed E-state index contributed by atoms with van der Waals surface area (Å²) in [6.07, 6.45) is -0.226. The fraction of sp³-hybridized carbons (Fsp3) is 0.350. The Morgan fingerprint density at radius 1 is 1.21 bits per heavy atom. The molecular weight excluding hydrogens is 382 g/mol. The van der Waals surface area contributed by atoms with Crippen LogP contribution in [-0.2, 0) is 0 Å². The van der Waals surface area contributed by atoms with E-state index < -0.39 is 17.7 Å². The van der Waals surface area contributed by atoms with Crippen LogP contribution in [0.15, 0.2) is 36.4 Å². The number of benzene rings is 1. The van der Waals surface area contributed by atoms with Crippen LogP contribution in [0, 0.1) is 0 Å². The molecule has 2 aromatic rings. The summed E-state index contributed by atoms with van der Waals surface area (Å²) in [4.78, 5) is 30.2. The molecule has 9 heteroatoms. The first kappa shape index (κ1) is 20.5. The van der Waals surface area contributed by atoms with Gasteiger partial charge in [-0.05, 0) is 30.7 Å². The van der Waals surface area contributed by atoms with Gasteiger partial charge in [0.05, 0.1) is 12.7 Å². The van der Waals surface area contributed by atoms with E-state index in [0.29, 0.717) is 12.2 Å². The second-order valence-corrected chi connectivity index (χ2v) is 6.82. The van der Waals surface area contributed by atoms with Crippen LogP contribution in [0.1, 0.15) is 40.0 Å². The van der Waals surface area contributed by atoms with Crippen molar-refractivity contribution in [3.05, 3.63) is 47.5 Å². The molecule has 7 nitrogen and oxygen atoms in total. The van der Waals surface area contributed by atoms with E-state index in [4.69, 9.17) is 10.5 Å². The fourth-order valence-electron chi connectivity index (χ4n) is 3.19. The van der Waals surface area contributed by atoms with Gasteiger partial charge < -0.3 is 20.7 Å². The van der Waals surface area contributed by atoms with Crippen LogP contribution in [0.2, 0.25) is 0 Å². The van der Waals surface area contributed by atoms with Crippen LogP contribution in [0.25, 0.3) is 0 Å². The first-order chi connectivity index (χ1) is 13.8. The number of nitrogens with zero attached hydrogens (tertiary/aromatic N) is 2. The highest BCUT2D eigenvalue weighted by atomic mass is 19.3. The highest BCUT2D eigenvalue weighted by molar-refractivity contribution is 6.08. The van der Waals surface area contributed by atoms with Gasteiger partial charge in [-0.2, -0.15) is 4.98 Å². The lowest BCUT2D eigenvalue weighted by atomic mass is 10.1. The number of halogens is 2. The minimum atomic E-state index is -2.73. The molecule has 0 bridgehead atoms. The SMILES string of the molecule is COc1ccc(C(=O)Nc2cccc(C(N)=O)c2)c(N2CCCC(F)(F)CC2)n1. The molecule has 0 aliphatic carbocycles. The van der Waals surface area contributed by atoms with E-state index >= 15 is 0 Å². The Balaban J connectivity index is 1.89. The number of alkyl halides is 2. The second-order valence-electron chi connectivity index (χ2n) is 6.82. The Bertz CT molecular complexity index is 920. The topological polar surface area (TPSA) is 97.5 Å². The summed E-state index contributed by atoms with van der Waals surface area (Å²) < 4.78 is 32.7. The van der Waals surface area contributed by atoms with E-state index in [0.717, 1.165) is 0 Å². The normalized spacial score (nSPS) is 16.0. The molecule has 2 heterocycles. The standard InChI is InChI=1S/C20H22F2N4O3/c1-29-16-7-6-15(18(25-16)26-10-3-8-20(21,22)9-11-26)19(28)24-14-5-2-4-13(12-14)17(23)27/h2,4-7,12H,3,8-11H2,1H3,(H2,23,27)(H,24,28). The third-order valence-electron chi connectivity index (χ3n) is 4.73. The Kier molecular flexibility index (Phi) is 5.95. The van der Waals surface area contributed by atoms with E-state index in [2.05, 4.69) is 10.3 Å². The van der Waals surface area contributed by atoms with Gasteiger partial charge in [0.1, 0.15) is 5.82 Å². The van der Waals surface area contributed by atoms with Gasteiger partial charge in [-0.25, -0.2) is 8.78 Å². The number of aromatic nitrogens is 1. The highest BCUT2D eigenvalue weighted by Gasteiger charge is 2.33. The van der Waals surface area contributed by atoms with Crippen molar-refractivity contribution in [1.29, 1.82) is 0 Å². The lowest BCUT2D eigenvalue weighted by molar-refractivity contribution is -0.0102. The number of primary amides is 1. The molecule has 1 aromatic carbocycles. The Morgan fingerprint density at radius 2 is 2.00 bits per heavy atom. The molecule has 0 atom stereocenters. The number of carbonyl (C=O) groups excluding carboxylic acids is 2. The zero-order valence-electron chi connectivity index (χ0n) is 16.0. The van der Waals surface area contributed by atoms with Gasteiger partial charge in [0, 0.05) is 43.2 Å². The predicted octanol–water partition coefficient (Wildman–Crippen LogP) is 3.07. The zero-order valence-corrected chi connectivity index (χ0v) is 16.0. The monoisotopic (exact) mass is 404 g/mol. The van der Waals surface area contributed by atoms with Gasteiger partial charge >= 0.3 is 0 Å². The van der Waals surface area contributed by atoms with Crippen molar-refractivity contribution in [2.75, 3.05) is 30.4 Å². The van der Waals surface area contributed by atoms with E-state index in [1.54, 1.807) is 17.0 Å². The molecule has 0 spiro atoms. The van der Waals surface area contributed by atoms with Crippen molar-refractivity contribution in [2.45, 2.75) is 25.2 Å². The Morgan fingerprint density at radius 3 is 2.72 bits per heavy atom. The fourth-order valence-corrected chi connectivity index (χ4v) is 3.19. The van der Waals surface area contributed by atoms with Gasteiger partial charge in [0.25, 0.3) is 5.91 Å². The molecule has 0 unspecified atom stereocenters. The molecule has 3 N–H and O–H groups in total. The lowest BCUT2D eigenvalue weighted by Gasteiger charge is -2.24. The number of ether oxygens (including phenoxy) is 1. The Hall–Kier alpha value is -3.23. The maximum Gasteiger partial charge on any atom is 0.259 e. The smallest absolute Gasteiger partial charge is 0.259 e. The minimum absolute atomic E-state index is 0.0740. The summed E-state index contributed by atoms with van der Waals surface area (Å²) in [6, 6.07) is 9.29. The molecule has 154 valence electrons. The van der Waals surface area contributed by atoms with Crippen LogP contribution >= 0.6 is 0 Å². The molecule has 2 amide bonds. The number of carbonyl (C=O) groups is 2. The molecule has 3 rings (SSSR count). The first-order valence-corrected chi connectivity index (χ1v) is 9.18. The third-order valence-corrected chi connectivity index (χ3v) is 4.73. The number of amides is 2. The van der Waals surface area contributed by atoms with Gasteiger partial charge in [0.15, 0.2) is 0 Å². The third kappa shape index (κ3) is 4.98. The highest BCUT2D eigenvalue weighted by Crippen LogP contribution is 2.31. The number of pyridine rings is 1. The van der Waals surface area contributed by atoms with Crippen LogP contribution < -0.4 is 20.7 Å². The summed E-state index contributed by atoms with van der Waals surface area (Å²) in [5.41, 5.74) is 6.13. The van der Waals surface area contributed by atoms with Crippen molar-refractivity contribution < 1.29 is 23.1 Å². The van der Waals surface area contributed by atoms with Crippen molar-refractivity contribution >= 4 is 23.3 Å². The van der Waals surface area contributed by atoms with E-state index in [1.807, 2.05) is 0 Å². The average molecular weight is 404 g/mol. The summed E-state index contributed by atoms with van der Waals surface area (Å²) in [6.45, 7) is 0.428. The van der Waals surface area contributed by atoms with E-state index in [9.17, 15) is 18.4 Å². The van der Waals surface area contributed by atoms with Gasteiger partial charge in [0.2, 0.25) is 17.7 Å². The number of nitrogens with one attached hydrogen (secondary N) is 1. The molecule has 1 fully saturated rings. The number of hydrogen-bond acceptors (Lipinski definition) is 5. The molecule has 0 saturated carbocycles. The van der Waals surface area contributed by atoms with Gasteiger partial charge in [-0.3, -0.25) is 9.59 Å². The van der Waals surface area contributed by atoms with Crippen LogP contribution in [0.5, 0.6) is 5.88 Å². The largest absolute Gasteiger partial charge is 0.481 e. The lowest BCUT2D eigenvalue weighted by Crippen LogP contribution is -2.29. The molecule has 0 radical (unpaired) electrons. The van der Waals surface area contributed by atoms with E-state index in [-0.39, 0.29) is 48.6 Å². The summed E-state index contributed by atoms with van der Waals surface area (Å²) in [7, 11) is 1.44. The summed E-state index contributed by atoms with van der Waals surface area (Å²) >= 11 is 0. The quantitative estimate of drug-likeness (QED) is 0.798. The molecule has 1 aliphatic rings. The molecule has 1 saturated heterocycles. The number of anilines is 2.